The van der Waals surface area contributed by atoms with Crippen molar-refractivity contribution >= 4 is 28.6 Å². The first-order chi connectivity index (χ1) is 18.0. The minimum absolute atomic E-state index is 0.115. The number of anilines is 2. The van der Waals surface area contributed by atoms with Crippen LogP contribution in [0.15, 0.2) is 42.7 Å². The Kier molecular flexibility index (Phi) is 5.99. The first-order valence-corrected chi connectivity index (χ1v) is 12.6. The van der Waals surface area contributed by atoms with Crippen LogP contribution in [0, 0.1) is 5.82 Å². The lowest BCUT2D eigenvalue weighted by Gasteiger charge is -2.34. The quantitative estimate of drug-likeness (QED) is 0.432. The number of amides is 2. The molecule has 37 heavy (non-hydrogen) atoms. The minimum Gasteiger partial charge on any atom is -0.377 e. The maximum Gasteiger partial charge on any atom is 0.322 e. The second kappa shape index (κ2) is 9.47. The van der Waals surface area contributed by atoms with E-state index in [2.05, 4.69) is 32.4 Å². The van der Waals surface area contributed by atoms with Crippen LogP contribution >= 0.6 is 0 Å². The molecule has 0 radical (unpaired) electrons. The lowest BCUT2D eigenvalue weighted by molar-refractivity contribution is 0.0985. The Hall–Kier alpha value is -3.99. The SMILES string of the molecule is CC1CCCN1C(=O)Nc1ccc(-c2cc(N3CCOC[C@H]3C)nc3c2cnn3-c2cc[nH]n2)c(F)c1. The predicted octanol–water partition coefficient (Wildman–Crippen LogP) is 4.19. The molecule has 2 N–H and O–H groups in total. The summed E-state index contributed by atoms with van der Waals surface area (Å²) in [5, 5.41) is 15.1. The Labute approximate surface area is 213 Å². The number of nitrogens with zero attached hydrogens (tertiary/aromatic N) is 6. The molecule has 0 aliphatic carbocycles. The van der Waals surface area contributed by atoms with Gasteiger partial charge in [-0.3, -0.25) is 5.10 Å². The van der Waals surface area contributed by atoms with E-state index in [0.29, 0.717) is 60.0 Å². The number of carbonyl (C=O) groups excluding carboxylic acids is 1. The van der Waals surface area contributed by atoms with Crippen LogP contribution in [0.2, 0.25) is 0 Å². The molecule has 2 aliphatic rings. The van der Waals surface area contributed by atoms with Crippen molar-refractivity contribution in [2.75, 3.05) is 36.5 Å². The highest BCUT2D eigenvalue weighted by molar-refractivity contribution is 5.96. The van der Waals surface area contributed by atoms with Gasteiger partial charge < -0.3 is 19.9 Å². The van der Waals surface area contributed by atoms with Crippen LogP contribution in [0.1, 0.15) is 26.7 Å². The molecule has 3 aromatic heterocycles. The average Bonchev–Trinajstić information content (AvgIpc) is 3.65. The number of hydrogen-bond acceptors (Lipinski definition) is 6. The smallest absolute Gasteiger partial charge is 0.322 e. The molecule has 1 unspecified atom stereocenters. The number of carbonyl (C=O) groups is 1. The number of halogens is 1. The summed E-state index contributed by atoms with van der Waals surface area (Å²) in [6.07, 6.45) is 5.36. The number of urea groups is 1. The van der Waals surface area contributed by atoms with Gasteiger partial charge in [-0.2, -0.15) is 14.9 Å². The molecule has 2 saturated heterocycles. The molecular formula is C26H29FN8O2. The highest BCUT2D eigenvalue weighted by Gasteiger charge is 2.26. The number of H-pyrrole nitrogens is 1. The second-order valence-electron chi connectivity index (χ2n) is 9.68. The number of likely N-dealkylation sites (tertiary alicyclic amines) is 1. The summed E-state index contributed by atoms with van der Waals surface area (Å²) in [6.45, 7) is 6.68. The number of hydrogen-bond donors (Lipinski definition) is 2. The third-order valence-electron chi connectivity index (χ3n) is 7.22. The Morgan fingerprint density at radius 1 is 1.14 bits per heavy atom. The number of benzene rings is 1. The van der Waals surface area contributed by atoms with Crippen molar-refractivity contribution in [2.24, 2.45) is 0 Å². The fraction of sp³-hybridized carbons (Fsp3) is 0.385. The lowest BCUT2D eigenvalue weighted by atomic mass is 10.0. The highest BCUT2D eigenvalue weighted by atomic mass is 19.1. The van der Waals surface area contributed by atoms with Gasteiger partial charge in [0.2, 0.25) is 0 Å². The fourth-order valence-corrected chi connectivity index (χ4v) is 5.20. The molecule has 4 aromatic rings. The third kappa shape index (κ3) is 4.29. The molecule has 2 amide bonds. The van der Waals surface area contributed by atoms with Crippen LogP contribution in [0.25, 0.3) is 28.0 Å². The minimum atomic E-state index is -0.437. The van der Waals surface area contributed by atoms with Gasteiger partial charge in [-0.15, -0.1) is 0 Å². The summed E-state index contributed by atoms with van der Waals surface area (Å²) < 4.78 is 22.9. The van der Waals surface area contributed by atoms with Gasteiger partial charge >= 0.3 is 6.03 Å². The summed E-state index contributed by atoms with van der Waals surface area (Å²) in [6, 6.07) is 8.61. The summed E-state index contributed by atoms with van der Waals surface area (Å²) in [4.78, 5) is 21.6. The number of morpholine rings is 1. The van der Waals surface area contributed by atoms with Gasteiger partial charge in [-0.05, 0) is 51.0 Å². The molecule has 192 valence electrons. The van der Waals surface area contributed by atoms with E-state index in [-0.39, 0.29) is 18.1 Å². The van der Waals surface area contributed by atoms with Crippen LogP contribution in [0.3, 0.4) is 0 Å². The van der Waals surface area contributed by atoms with Crippen molar-refractivity contribution in [2.45, 2.75) is 38.8 Å². The van der Waals surface area contributed by atoms with Gasteiger partial charge in [0.15, 0.2) is 11.5 Å². The fourth-order valence-electron chi connectivity index (χ4n) is 5.20. The lowest BCUT2D eigenvalue weighted by Crippen LogP contribution is -2.44. The number of aromatic nitrogens is 5. The molecular weight excluding hydrogens is 475 g/mol. The van der Waals surface area contributed by atoms with Gasteiger partial charge in [0.1, 0.15) is 11.6 Å². The van der Waals surface area contributed by atoms with E-state index < -0.39 is 5.82 Å². The van der Waals surface area contributed by atoms with E-state index >= 15 is 4.39 Å². The standard InChI is InChI=1S/C26H29FN8O2/c1-16-4-3-9-34(16)26(36)30-18-5-6-19(22(27)12-18)20-13-24(33-10-11-37-15-17(33)2)31-25-21(20)14-29-35(25)23-7-8-28-32-23/h5-8,12-14,16-17H,3-4,9-11,15H2,1-2H3,(H,28,32)(H,30,36)/t16?,17-/m1/s1. The highest BCUT2D eigenvalue weighted by Crippen LogP contribution is 2.35. The molecule has 2 fully saturated rings. The third-order valence-corrected chi connectivity index (χ3v) is 7.22. The zero-order valence-corrected chi connectivity index (χ0v) is 20.8. The second-order valence-corrected chi connectivity index (χ2v) is 9.68. The van der Waals surface area contributed by atoms with Crippen LogP contribution < -0.4 is 10.2 Å². The summed E-state index contributed by atoms with van der Waals surface area (Å²) in [5.74, 6) is 0.874. The van der Waals surface area contributed by atoms with E-state index in [1.54, 1.807) is 40.2 Å². The van der Waals surface area contributed by atoms with E-state index in [0.717, 1.165) is 18.7 Å². The molecule has 0 bridgehead atoms. The van der Waals surface area contributed by atoms with Crippen molar-refractivity contribution in [1.82, 2.24) is 29.9 Å². The molecule has 5 heterocycles. The Morgan fingerprint density at radius 3 is 2.76 bits per heavy atom. The molecule has 2 aliphatic heterocycles. The molecule has 2 atom stereocenters. The van der Waals surface area contributed by atoms with E-state index in [1.807, 2.05) is 13.0 Å². The molecule has 1 aromatic carbocycles. The summed E-state index contributed by atoms with van der Waals surface area (Å²) in [5.41, 5.74) is 2.08. The van der Waals surface area contributed by atoms with Crippen molar-refractivity contribution < 1.29 is 13.9 Å². The predicted molar refractivity (Wildman–Crippen MR) is 138 cm³/mol. The number of aromatic amines is 1. The topological polar surface area (TPSA) is 104 Å². The number of nitrogens with one attached hydrogen (secondary N) is 2. The molecule has 0 saturated carbocycles. The largest absolute Gasteiger partial charge is 0.377 e. The first-order valence-electron chi connectivity index (χ1n) is 12.6. The first kappa shape index (κ1) is 23.4. The zero-order valence-electron chi connectivity index (χ0n) is 20.8. The molecule has 10 nitrogen and oxygen atoms in total. The molecule has 0 spiro atoms. The van der Waals surface area contributed by atoms with Gasteiger partial charge in [0.25, 0.3) is 0 Å². The van der Waals surface area contributed by atoms with Gasteiger partial charge in [-0.25, -0.2) is 14.2 Å². The summed E-state index contributed by atoms with van der Waals surface area (Å²) >= 11 is 0. The Balaban J connectivity index is 1.41. The van der Waals surface area contributed by atoms with E-state index in [9.17, 15) is 4.79 Å². The Bertz CT molecular complexity index is 1440. The normalized spacial score (nSPS) is 20.1. The maximum absolute atomic E-state index is 15.6. The van der Waals surface area contributed by atoms with E-state index in [4.69, 9.17) is 9.72 Å². The number of rotatable bonds is 4. The van der Waals surface area contributed by atoms with E-state index in [1.165, 1.54) is 6.07 Å². The van der Waals surface area contributed by atoms with Gasteiger partial charge in [-0.1, -0.05) is 0 Å². The van der Waals surface area contributed by atoms with Crippen molar-refractivity contribution in [1.29, 1.82) is 0 Å². The monoisotopic (exact) mass is 504 g/mol. The summed E-state index contributed by atoms with van der Waals surface area (Å²) in [7, 11) is 0. The number of pyridine rings is 1. The van der Waals surface area contributed by atoms with Crippen LogP contribution in [-0.2, 0) is 4.74 Å². The van der Waals surface area contributed by atoms with Gasteiger partial charge in [0.05, 0.1) is 25.5 Å². The molecule has 6 rings (SSSR count). The number of fused-ring (bicyclic) bond motifs is 1. The van der Waals surface area contributed by atoms with Crippen LogP contribution in [-0.4, -0.2) is 74.3 Å². The average molecular weight is 505 g/mol. The van der Waals surface area contributed by atoms with Crippen molar-refractivity contribution in [3.63, 3.8) is 0 Å². The van der Waals surface area contributed by atoms with Crippen LogP contribution in [0.4, 0.5) is 20.7 Å². The zero-order chi connectivity index (χ0) is 25.5. The van der Waals surface area contributed by atoms with Gasteiger partial charge in [0, 0.05) is 53.6 Å². The van der Waals surface area contributed by atoms with Crippen molar-refractivity contribution in [3.8, 4) is 16.9 Å². The maximum atomic E-state index is 15.6. The number of ether oxygens (including phenoxy) is 1. The molecule has 11 heteroatoms. The Morgan fingerprint density at radius 2 is 2.03 bits per heavy atom. The van der Waals surface area contributed by atoms with Crippen LogP contribution in [0.5, 0.6) is 0 Å². The van der Waals surface area contributed by atoms with Crippen molar-refractivity contribution in [3.05, 3.63) is 48.5 Å².